The van der Waals surface area contributed by atoms with Gasteiger partial charge in [-0.3, -0.25) is 4.79 Å². The van der Waals surface area contributed by atoms with E-state index in [1.54, 1.807) is 18.2 Å². The van der Waals surface area contributed by atoms with Gasteiger partial charge in [0.1, 0.15) is 0 Å². The molecule has 0 aromatic heterocycles. The normalized spacial score (nSPS) is 10.2. The van der Waals surface area contributed by atoms with E-state index in [1.807, 2.05) is 31.2 Å². The molecule has 0 bridgehead atoms. The van der Waals surface area contributed by atoms with Crippen molar-refractivity contribution in [2.45, 2.75) is 6.92 Å². The highest BCUT2D eigenvalue weighted by Crippen LogP contribution is 2.01. The monoisotopic (exact) mass is 172 g/mol. The summed E-state index contributed by atoms with van der Waals surface area (Å²) in [6, 6.07) is 7.09. The van der Waals surface area contributed by atoms with Crippen LogP contribution in [-0.4, -0.2) is 0 Å². The topological polar surface area (TPSA) is 17.1 Å². The van der Waals surface area contributed by atoms with Gasteiger partial charge in [0, 0.05) is 0 Å². The molecule has 0 aliphatic carbocycles. The first-order valence-electron chi connectivity index (χ1n) is 4.14. The molecule has 1 heteroatoms. The highest BCUT2D eigenvalue weighted by Gasteiger charge is 1.89. The molecule has 13 heavy (non-hydrogen) atoms. The standard InChI is InChI=1S/C12H12O/c1-3-4-6-11-7-5-8-12(13)10(2)9-11/h3-9H,1H2,2H3/b6-4+. The summed E-state index contributed by atoms with van der Waals surface area (Å²) in [5, 5.41) is 0. The van der Waals surface area contributed by atoms with E-state index in [0.29, 0.717) is 0 Å². The highest BCUT2D eigenvalue weighted by atomic mass is 16.1. The minimum atomic E-state index is 0.0678. The molecule has 1 rings (SSSR count). The van der Waals surface area contributed by atoms with Crippen LogP contribution in [0.25, 0.3) is 6.08 Å². The van der Waals surface area contributed by atoms with Gasteiger partial charge in [-0.05, 0) is 30.2 Å². The zero-order valence-corrected chi connectivity index (χ0v) is 7.66. The summed E-state index contributed by atoms with van der Waals surface area (Å²) in [6.45, 7) is 5.40. The average molecular weight is 172 g/mol. The van der Waals surface area contributed by atoms with Crippen LogP contribution in [0.2, 0.25) is 0 Å². The third-order valence-corrected chi connectivity index (χ3v) is 1.73. The van der Waals surface area contributed by atoms with Gasteiger partial charge in [-0.25, -0.2) is 0 Å². The van der Waals surface area contributed by atoms with Gasteiger partial charge >= 0.3 is 0 Å². The van der Waals surface area contributed by atoms with Crippen molar-refractivity contribution in [1.82, 2.24) is 0 Å². The van der Waals surface area contributed by atoms with Gasteiger partial charge in [-0.15, -0.1) is 0 Å². The number of rotatable bonds is 2. The summed E-state index contributed by atoms with van der Waals surface area (Å²) in [5.74, 6) is 0. The minimum absolute atomic E-state index is 0.0678. The fraction of sp³-hybridized carbons (Fsp3) is 0.0833. The molecule has 0 atom stereocenters. The second-order valence-electron chi connectivity index (χ2n) is 2.81. The predicted octanol–water partition coefficient (Wildman–Crippen LogP) is 2.55. The maximum atomic E-state index is 11.2. The lowest BCUT2D eigenvalue weighted by Gasteiger charge is -1.85. The van der Waals surface area contributed by atoms with Gasteiger partial charge < -0.3 is 0 Å². The molecule has 0 fully saturated rings. The molecule has 0 N–H and O–H groups in total. The second-order valence-corrected chi connectivity index (χ2v) is 2.81. The van der Waals surface area contributed by atoms with Crippen LogP contribution in [0.15, 0.2) is 47.8 Å². The Morgan fingerprint density at radius 2 is 2.15 bits per heavy atom. The third kappa shape index (κ3) is 2.71. The maximum absolute atomic E-state index is 11.2. The van der Waals surface area contributed by atoms with Crippen LogP contribution in [0, 0.1) is 6.92 Å². The lowest BCUT2D eigenvalue weighted by atomic mass is 10.2. The van der Waals surface area contributed by atoms with E-state index in [-0.39, 0.29) is 5.43 Å². The van der Waals surface area contributed by atoms with Crippen LogP contribution in [0.4, 0.5) is 0 Å². The Kier molecular flexibility index (Phi) is 3.21. The van der Waals surface area contributed by atoms with E-state index < -0.39 is 0 Å². The SMILES string of the molecule is C=C/C=C/c1cccc(=O)c(C)c1. The molecule has 1 aromatic rings. The molecule has 0 saturated carbocycles. The molecule has 0 unspecified atom stereocenters. The van der Waals surface area contributed by atoms with Gasteiger partial charge in [0.05, 0.1) is 0 Å². The van der Waals surface area contributed by atoms with E-state index in [0.717, 1.165) is 11.1 Å². The minimum Gasteiger partial charge on any atom is -0.290 e. The number of hydrogen-bond acceptors (Lipinski definition) is 1. The molecule has 0 amide bonds. The fourth-order valence-electron chi connectivity index (χ4n) is 1.03. The van der Waals surface area contributed by atoms with E-state index in [2.05, 4.69) is 6.58 Å². The zero-order chi connectivity index (χ0) is 9.68. The first kappa shape index (κ1) is 9.46. The van der Waals surface area contributed by atoms with E-state index in [1.165, 1.54) is 0 Å². The Morgan fingerprint density at radius 3 is 2.85 bits per heavy atom. The van der Waals surface area contributed by atoms with Gasteiger partial charge in [0.15, 0.2) is 5.43 Å². The molecule has 0 heterocycles. The zero-order valence-electron chi connectivity index (χ0n) is 7.66. The van der Waals surface area contributed by atoms with Crippen LogP contribution in [-0.2, 0) is 0 Å². The smallest absolute Gasteiger partial charge is 0.181 e. The van der Waals surface area contributed by atoms with Crippen molar-refractivity contribution < 1.29 is 0 Å². The first-order chi connectivity index (χ1) is 6.24. The summed E-state index contributed by atoms with van der Waals surface area (Å²) in [7, 11) is 0. The summed E-state index contributed by atoms with van der Waals surface area (Å²) in [4.78, 5) is 11.2. The molecular weight excluding hydrogens is 160 g/mol. The molecular formula is C12H12O. The summed E-state index contributed by atoms with van der Waals surface area (Å²) >= 11 is 0. The number of hydrogen-bond donors (Lipinski definition) is 0. The second kappa shape index (κ2) is 4.41. The quantitative estimate of drug-likeness (QED) is 0.626. The van der Waals surface area contributed by atoms with Gasteiger partial charge in [0.2, 0.25) is 0 Å². The molecule has 1 aromatic carbocycles. The molecule has 0 saturated heterocycles. The first-order valence-corrected chi connectivity index (χ1v) is 4.14. The van der Waals surface area contributed by atoms with Crippen molar-refractivity contribution in [2.75, 3.05) is 0 Å². The summed E-state index contributed by atoms with van der Waals surface area (Å²) in [6.07, 6.45) is 5.47. The van der Waals surface area contributed by atoms with Crippen LogP contribution in [0.1, 0.15) is 11.1 Å². The Hall–Kier alpha value is -1.63. The van der Waals surface area contributed by atoms with Crippen molar-refractivity contribution >= 4 is 6.08 Å². The molecule has 0 aliphatic heterocycles. The van der Waals surface area contributed by atoms with Crippen LogP contribution < -0.4 is 5.43 Å². The molecule has 66 valence electrons. The largest absolute Gasteiger partial charge is 0.290 e. The van der Waals surface area contributed by atoms with Crippen molar-refractivity contribution in [2.24, 2.45) is 0 Å². The Morgan fingerprint density at radius 1 is 1.38 bits per heavy atom. The van der Waals surface area contributed by atoms with Crippen LogP contribution in [0.3, 0.4) is 0 Å². The third-order valence-electron chi connectivity index (χ3n) is 1.73. The maximum Gasteiger partial charge on any atom is 0.181 e. The average Bonchev–Trinajstić information content (AvgIpc) is 2.26. The highest BCUT2D eigenvalue weighted by molar-refractivity contribution is 5.51. The summed E-state index contributed by atoms with van der Waals surface area (Å²) in [5.41, 5.74) is 1.84. The molecule has 0 aliphatic rings. The Labute approximate surface area is 78.0 Å². The number of aryl methyl sites for hydroxylation is 1. The molecule has 0 spiro atoms. The van der Waals surface area contributed by atoms with Gasteiger partial charge in [-0.1, -0.05) is 36.9 Å². The Bertz CT molecular complexity index is 389. The molecule has 1 nitrogen and oxygen atoms in total. The van der Waals surface area contributed by atoms with Crippen molar-refractivity contribution in [3.63, 3.8) is 0 Å². The van der Waals surface area contributed by atoms with E-state index >= 15 is 0 Å². The van der Waals surface area contributed by atoms with Crippen molar-refractivity contribution in [3.8, 4) is 0 Å². The summed E-state index contributed by atoms with van der Waals surface area (Å²) < 4.78 is 0. The van der Waals surface area contributed by atoms with Crippen LogP contribution >= 0.6 is 0 Å². The van der Waals surface area contributed by atoms with Crippen LogP contribution in [0.5, 0.6) is 0 Å². The Balaban J connectivity index is 3.20. The van der Waals surface area contributed by atoms with E-state index in [4.69, 9.17) is 0 Å². The lowest BCUT2D eigenvalue weighted by molar-refractivity contribution is 1.43. The number of allylic oxidation sites excluding steroid dienone is 2. The van der Waals surface area contributed by atoms with Gasteiger partial charge in [0.25, 0.3) is 0 Å². The lowest BCUT2D eigenvalue weighted by Crippen LogP contribution is -1.96. The molecule has 0 radical (unpaired) electrons. The van der Waals surface area contributed by atoms with Crippen molar-refractivity contribution in [1.29, 1.82) is 0 Å². The van der Waals surface area contributed by atoms with E-state index in [9.17, 15) is 4.79 Å². The fourth-order valence-corrected chi connectivity index (χ4v) is 1.03. The van der Waals surface area contributed by atoms with Crippen molar-refractivity contribution in [3.05, 3.63) is 64.3 Å². The van der Waals surface area contributed by atoms with Gasteiger partial charge in [-0.2, -0.15) is 0 Å². The predicted molar refractivity (Wildman–Crippen MR) is 56.7 cm³/mol.